The van der Waals surface area contributed by atoms with Crippen LogP contribution in [0.15, 0.2) is 89.7 Å². The van der Waals surface area contributed by atoms with Crippen molar-refractivity contribution in [2.75, 3.05) is 19.0 Å². The Morgan fingerprint density at radius 2 is 1.58 bits per heavy atom. The number of aryl methyl sites for hydroxylation is 1. The lowest BCUT2D eigenvalue weighted by atomic mass is 10.1. The molecule has 36 heavy (non-hydrogen) atoms. The van der Waals surface area contributed by atoms with Gasteiger partial charge >= 0.3 is 0 Å². The molecule has 0 bridgehead atoms. The average Bonchev–Trinajstić information content (AvgIpc) is 3.14. The smallest absolute Gasteiger partial charge is 0.287 e. The van der Waals surface area contributed by atoms with Crippen LogP contribution in [0.2, 0.25) is 0 Å². The summed E-state index contributed by atoms with van der Waals surface area (Å²) >= 11 is 0. The van der Waals surface area contributed by atoms with Gasteiger partial charge < -0.3 is 14.8 Å². The van der Waals surface area contributed by atoms with Crippen LogP contribution in [0.5, 0.6) is 0 Å². The van der Waals surface area contributed by atoms with Gasteiger partial charge in [-0.1, -0.05) is 48.5 Å². The molecule has 3 aromatic carbocycles. The van der Waals surface area contributed by atoms with Crippen LogP contribution in [0.25, 0.3) is 17.0 Å². The quantitative estimate of drug-likeness (QED) is 0.233. The number of carbonyl (C=O) groups excluding carboxylic acids is 2. The minimum absolute atomic E-state index is 0.0910. The Morgan fingerprint density at radius 1 is 0.917 bits per heavy atom. The van der Waals surface area contributed by atoms with Gasteiger partial charge in [0, 0.05) is 54.6 Å². The van der Waals surface area contributed by atoms with Gasteiger partial charge in [-0.05, 0) is 48.9 Å². The molecule has 0 aliphatic rings. The molecule has 1 aromatic heterocycles. The van der Waals surface area contributed by atoms with E-state index in [1.165, 1.54) is 0 Å². The molecule has 4 rings (SSSR count). The molecular weight excluding hydrogens is 450 g/mol. The number of benzene rings is 3. The number of hydrogen-bond acceptors (Lipinski definition) is 4. The zero-order valence-electron chi connectivity index (χ0n) is 20.8. The van der Waals surface area contributed by atoms with Crippen molar-refractivity contribution in [1.29, 1.82) is 0 Å². The van der Waals surface area contributed by atoms with Crippen LogP contribution >= 0.6 is 0 Å². The number of amides is 2. The maximum atomic E-state index is 13.1. The molecule has 7 nitrogen and oxygen atoms in total. The molecule has 0 saturated carbocycles. The number of nitrogens with zero attached hydrogens (tertiary/aromatic N) is 3. The Kier molecular flexibility index (Phi) is 7.30. The van der Waals surface area contributed by atoms with Gasteiger partial charge in [0.2, 0.25) is 0 Å². The number of para-hydroxylation sites is 1. The zero-order chi connectivity index (χ0) is 25.7. The molecular formula is C29H29N5O2. The number of hydrazone groups is 1. The van der Waals surface area contributed by atoms with Gasteiger partial charge in [-0.3, -0.25) is 9.59 Å². The van der Waals surface area contributed by atoms with Crippen molar-refractivity contribution in [2.24, 2.45) is 12.1 Å². The molecule has 4 aromatic rings. The molecule has 0 saturated heterocycles. The van der Waals surface area contributed by atoms with E-state index in [9.17, 15) is 9.59 Å². The van der Waals surface area contributed by atoms with Crippen molar-refractivity contribution in [3.05, 3.63) is 107 Å². The molecule has 1 heterocycles. The predicted molar refractivity (Wildman–Crippen MR) is 146 cm³/mol. The summed E-state index contributed by atoms with van der Waals surface area (Å²) in [5.74, 6) is -0.902. The van der Waals surface area contributed by atoms with Crippen molar-refractivity contribution >= 4 is 40.7 Å². The Morgan fingerprint density at radius 3 is 2.28 bits per heavy atom. The largest absolute Gasteiger partial charge is 0.378 e. The summed E-state index contributed by atoms with van der Waals surface area (Å²) in [6, 6.07) is 24.5. The van der Waals surface area contributed by atoms with Gasteiger partial charge in [-0.25, -0.2) is 5.43 Å². The number of fused-ring (bicyclic) bond motifs is 1. The minimum Gasteiger partial charge on any atom is -0.378 e. The van der Waals surface area contributed by atoms with Crippen LogP contribution in [0.3, 0.4) is 0 Å². The monoisotopic (exact) mass is 479 g/mol. The number of carbonyl (C=O) groups is 2. The van der Waals surface area contributed by atoms with Crippen LogP contribution in [-0.2, 0) is 11.8 Å². The summed E-state index contributed by atoms with van der Waals surface area (Å²) in [6.45, 7) is 2.01. The first kappa shape index (κ1) is 24.5. The van der Waals surface area contributed by atoms with Crippen LogP contribution in [0.1, 0.15) is 27.2 Å². The van der Waals surface area contributed by atoms with E-state index in [4.69, 9.17) is 0 Å². The second-order valence-electron chi connectivity index (χ2n) is 8.64. The number of nitrogens with one attached hydrogen (secondary N) is 2. The fourth-order valence-corrected chi connectivity index (χ4v) is 3.91. The molecule has 0 atom stereocenters. The van der Waals surface area contributed by atoms with Gasteiger partial charge in [0.1, 0.15) is 5.70 Å². The first-order valence-corrected chi connectivity index (χ1v) is 11.6. The van der Waals surface area contributed by atoms with Gasteiger partial charge in [0.05, 0.1) is 6.21 Å². The first-order chi connectivity index (χ1) is 17.3. The summed E-state index contributed by atoms with van der Waals surface area (Å²) in [5.41, 5.74) is 7.95. The fourth-order valence-electron chi connectivity index (χ4n) is 3.91. The lowest BCUT2D eigenvalue weighted by Gasteiger charge is -2.12. The Labute approximate surface area is 210 Å². The first-order valence-electron chi connectivity index (χ1n) is 11.6. The van der Waals surface area contributed by atoms with E-state index in [1.807, 2.05) is 87.6 Å². The van der Waals surface area contributed by atoms with Crippen molar-refractivity contribution < 1.29 is 9.59 Å². The molecule has 0 radical (unpaired) electrons. The van der Waals surface area contributed by atoms with E-state index in [0.29, 0.717) is 5.56 Å². The summed E-state index contributed by atoms with van der Waals surface area (Å²) in [6.07, 6.45) is 3.27. The summed E-state index contributed by atoms with van der Waals surface area (Å²) < 4.78 is 2.08. The number of rotatable bonds is 7. The lowest BCUT2D eigenvalue weighted by molar-refractivity contribution is -0.117. The van der Waals surface area contributed by atoms with E-state index in [1.54, 1.807) is 36.6 Å². The van der Waals surface area contributed by atoms with Crippen LogP contribution in [0.4, 0.5) is 5.69 Å². The van der Waals surface area contributed by atoms with E-state index >= 15 is 0 Å². The average molecular weight is 480 g/mol. The predicted octanol–water partition coefficient (Wildman–Crippen LogP) is 4.47. The van der Waals surface area contributed by atoms with Gasteiger partial charge in [0.25, 0.3) is 11.8 Å². The maximum absolute atomic E-state index is 13.1. The Bertz CT molecular complexity index is 1450. The van der Waals surface area contributed by atoms with Gasteiger partial charge in [-0.15, -0.1) is 0 Å². The third-order valence-corrected chi connectivity index (χ3v) is 6.06. The third kappa shape index (κ3) is 5.36. The topological polar surface area (TPSA) is 78.7 Å². The highest BCUT2D eigenvalue weighted by Gasteiger charge is 2.15. The second kappa shape index (κ2) is 10.7. The van der Waals surface area contributed by atoms with Crippen molar-refractivity contribution in [3.63, 3.8) is 0 Å². The molecule has 2 N–H and O–H groups in total. The lowest BCUT2D eigenvalue weighted by Crippen LogP contribution is -2.32. The number of anilines is 1. The van der Waals surface area contributed by atoms with E-state index in [0.717, 1.165) is 33.4 Å². The summed E-state index contributed by atoms with van der Waals surface area (Å²) in [7, 11) is 5.91. The highest BCUT2D eigenvalue weighted by Crippen LogP contribution is 2.23. The SMILES string of the molecule is Cc1c(C=NNC(=O)C(=Cc2ccc(N(C)C)cc2)NC(=O)c2ccccc2)c2ccccc2n1C. The number of hydrogen-bond donors (Lipinski definition) is 2. The van der Waals surface area contributed by atoms with Crippen LogP contribution < -0.4 is 15.6 Å². The second-order valence-corrected chi connectivity index (χ2v) is 8.64. The third-order valence-electron chi connectivity index (χ3n) is 6.06. The zero-order valence-corrected chi connectivity index (χ0v) is 20.8. The van der Waals surface area contributed by atoms with Crippen molar-refractivity contribution in [2.45, 2.75) is 6.92 Å². The molecule has 0 fully saturated rings. The molecule has 0 spiro atoms. The van der Waals surface area contributed by atoms with Gasteiger partial charge in [0.15, 0.2) is 0 Å². The fraction of sp³-hybridized carbons (Fsp3) is 0.138. The highest BCUT2D eigenvalue weighted by atomic mass is 16.2. The maximum Gasteiger partial charge on any atom is 0.287 e. The van der Waals surface area contributed by atoms with E-state index in [2.05, 4.69) is 20.4 Å². The Balaban J connectivity index is 1.59. The standard InChI is InChI=1S/C29H29N5O2/c1-20-25(24-12-8-9-13-27(24)34(20)4)19-30-32-29(36)26(31-28(35)22-10-6-5-7-11-22)18-21-14-16-23(17-15-21)33(2)3/h5-19H,1-4H3,(H,31,35)(H,32,36). The Hall–Kier alpha value is -4.65. The molecule has 0 aliphatic carbocycles. The summed E-state index contributed by atoms with van der Waals surface area (Å²) in [4.78, 5) is 27.9. The molecule has 2 amide bonds. The molecule has 182 valence electrons. The van der Waals surface area contributed by atoms with Crippen molar-refractivity contribution in [3.8, 4) is 0 Å². The molecule has 7 heteroatoms. The minimum atomic E-state index is -0.523. The highest BCUT2D eigenvalue weighted by molar-refractivity contribution is 6.06. The van der Waals surface area contributed by atoms with Gasteiger partial charge in [-0.2, -0.15) is 5.10 Å². The van der Waals surface area contributed by atoms with Crippen LogP contribution in [0, 0.1) is 6.92 Å². The van der Waals surface area contributed by atoms with E-state index < -0.39 is 5.91 Å². The number of aromatic nitrogens is 1. The van der Waals surface area contributed by atoms with Crippen molar-refractivity contribution in [1.82, 2.24) is 15.3 Å². The molecule has 0 unspecified atom stereocenters. The molecule has 0 aliphatic heterocycles. The van der Waals surface area contributed by atoms with E-state index in [-0.39, 0.29) is 11.6 Å². The normalized spacial score (nSPS) is 11.6. The summed E-state index contributed by atoms with van der Waals surface area (Å²) in [5, 5.41) is 7.99. The van der Waals surface area contributed by atoms with Crippen LogP contribution in [-0.4, -0.2) is 36.7 Å².